The van der Waals surface area contributed by atoms with Crippen LogP contribution in [0.15, 0.2) is 24.3 Å². The first-order valence-corrected chi connectivity index (χ1v) is 4.64. The van der Waals surface area contributed by atoms with E-state index in [9.17, 15) is 0 Å². The van der Waals surface area contributed by atoms with E-state index in [0.717, 1.165) is 17.8 Å². The molecule has 1 rings (SSSR count). The summed E-state index contributed by atoms with van der Waals surface area (Å²) in [5.74, 6) is 0.307. The molecule has 0 radical (unpaired) electrons. The van der Waals surface area contributed by atoms with E-state index in [0.29, 0.717) is 12.5 Å². The monoisotopic (exact) mass is 192 g/mol. The molecule has 4 heteroatoms. The maximum atomic E-state index is 7.50. The minimum atomic E-state index is 0.307. The molecule has 0 bridgehead atoms. The lowest BCUT2D eigenvalue weighted by molar-refractivity contribution is 0.953. The summed E-state index contributed by atoms with van der Waals surface area (Å²) in [7, 11) is 0. The predicted molar refractivity (Wildman–Crippen MR) is 59.4 cm³/mol. The SMILES string of the molecule is CCNC(=N)Nc1cccc(CN)c1. The van der Waals surface area contributed by atoms with Gasteiger partial charge in [0.25, 0.3) is 0 Å². The summed E-state index contributed by atoms with van der Waals surface area (Å²) in [6, 6.07) is 7.72. The van der Waals surface area contributed by atoms with Gasteiger partial charge in [-0.15, -0.1) is 0 Å². The molecule has 5 N–H and O–H groups in total. The normalized spacial score (nSPS) is 9.57. The topological polar surface area (TPSA) is 73.9 Å². The first-order chi connectivity index (χ1) is 6.76. The van der Waals surface area contributed by atoms with E-state index in [-0.39, 0.29) is 0 Å². The number of rotatable bonds is 3. The number of hydrogen-bond donors (Lipinski definition) is 4. The number of benzene rings is 1. The van der Waals surface area contributed by atoms with Crippen molar-refractivity contribution in [3.8, 4) is 0 Å². The Hall–Kier alpha value is -1.55. The summed E-state index contributed by atoms with van der Waals surface area (Å²) in [4.78, 5) is 0. The highest BCUT2D eigenvalue weighted by Crippen LogP contribution is 2.09. The average molecular weight is 192 g/mol. The molecule has 0 aliphatic heterocycles. The fraction of sp³-hybridized carbons (Fsp3) is 0.300. The smallest absolute Gasteiger partial charge is 0.192 e. The van der Waals surface area contributed by atoms with E-state index in [2.05, 4.69) is 10.6 Å². The largest absolute Gasteiger partial charge is 0.357 e. The molecule has 0 aliphatic carbocycles. The Labute approximate surface area is 84.0 Å². The molecular formula is C10H16N4. The third kappa shape index (κ3) is 3.06. The van der Waals surface area contributed by atoms with Crippen LogP contribution in [0.2, 0.25) is 0 Å². The molecule has 0 amide bonds. The van der Waals surface area contributed by atoms with Crippen LogP contribution in [0, 0.1) is 5.41 Å². The van der Waals surface area contributed by atoms with Crippen molar-refractivity contribution < 1.29 is 0 Å². The van der Waals surface area contributed by atoms with E-state index in [1.54, 1.807) is 0 Å². The molecule has 1 aromatic rings. The van der Waals surface area contributed by atoms with Crippen LogP contribution in [-0.4, -0.2) is 12.5 Å². The number of guanidine groups is 1. The first kappa shape index (κ1) is 10.5. The lowest BCUT2D eigenvalue weighted by Crippen LogP contribution is -2.29. The Bertz CT molecular complexity index is 309. The molecule has 76 valence electrons. The minimum Gasteiger partial charge on any atom is -0.357 e. The standard InChI is InChI=1S/C10H16N4/c1-2-13-10(12)14-9-5-3-4-8(6-9)7-11/h3-6H,2,7,11H2,1H3,(H3,12,13,14). The van der Waals surface area contributed by atoms with Crippen LogP contribution in [-0.2, 0) is 6.54 Å². The summed E-state index contributed by atoms with van der Waals surface area (Å²) in [6.07, 6.45) is 0. The van der Waals surface area contributed by atoms with E-state index in [1.165, 1.54) is 0 Å². The Morgan fingerprint density at radius 3 is 2.93 bits per heavy atom. The lowest BCUT2D eigenvalue weighted by atomic mass is 10.2. The van der Waals surface area contributed by atoms with Crippen LogP contribution < -0.4 is 16.4 Å². The summed E-state index contributed by atoms with van der Waals surface area (Å²) in [5.41, 5.74) is 7.45. The molecule has 1 aromatic carbocycles. The van der Waals surface area contributed by atoms with Gasteiger partial charge in [0, 0.05) is 18.8 Å². The van der Waals surface area contributed by atoms with Crippen molar-refractivity contribution in [2.45, 2.75) is 13.5 Å². The highest BCUT2D eigenvalue weighted by molar-refractivity contribution is 5.91. The van der Waals surface area contributed by atoms with Crippen LogP contribution in [0.1, 0.15) is 12.5 Å². The maximum Gasteiger partial charge on any atom is 0.192 e. The molecule has 0 atom stereocenters. The predicted octanol–water partition coefficient (Wildman–Crippen LogP) is 1.10. The van der Waals surface area contributed by atoms with Gasteiger partial charge in [0.05, 0.1) is 0 Å². The van der Waals surface area contributed by atoms with Crippen LogP contribution in [0.5, 0.6) is 0 Å². The minimum absolute atomic E-state index is 0.307. The molecular weight excluding hydrogens is 176 g/mol. The van der Waals surface area contributed by atoms with Crippen LogP contribution in [0.25, 0.3) is 0 Å². The number of anilines is 1. The van der Waals surface area contributed by atoms with E-state index >= 15 is 0 Å². The summed E-state index contributed by atoms with van der Waals surface area (Å²) in [6.45, 7) is 3.21. The van der Waals surface area contributed by atoms with Crippen LogP contribution in [0.3, 0.4) is 0 Å². The van der Waals surface area contributed by atoms with E-state index in [4.69, 9.17) is 11.1 Å². The third-order valence-electron chi connectivity index (χ3n) is 1.79. The second kappa shape index (κ2) is 5.24. The van der Waals surface area contributed by atoms with Gasteiger partial charge in [-0.05, 0) is 24.6 Å². The van der Waals surface area contributed by atoms with Gasteiger partial charge in [0.2, 0.25) is 0 Å². The van der Waals surface area contributed by atoms with Gasteiger partial charge < -0.3 is 16.4 Å². The van der Waals surface area contributed by atoms with Gasteiger partial charge in [0.15, 0.2) is 5.96 Å². The van der Waals surface area contributed by atoms with Crippen molar-refractivity contribution in [1.82, 2.24) is 5.32 Å². The molecule has 4 nitrogen and oxygen atoms in total. The summed E-state index contributed by atoms with van der Waals surface area (Å²) < 4.78 is 0. The van der Waals surface area contributed by atoms with Crippen molar-refractivity contribution in [3.63, 3.8) is 0 Å². The molecule has 0 fully saturated rings. The van der Waals surface area contributed by atoms with Crippen molar-refractivity contribution in [2.24, 2.45) is 5.73 Å². The fourth-order valence-electron chi connectivity index (χ4n) is 1.14. The van der Waals surface area contributed by atoms with E-state index in [1.807, 2.05) is 31.2 Å². The third-order valence-corrected chi connectivity index (χ3v) is 1.79. The first-order valence-electron chi connectivity index (χ1n) is 4.64. The maximum absolute atomic E-state index is 7.50. The highest BCUT2D eigenvalue weighted by Gasteiger charge is 1.96. The van der Waals surface area contributed by atoms with Crippen molar-refractivity contribution >= 4 is 11.6 Å². The Balaban J connectivity index is 2.62. The summed E-state index contributed by atoms with van der Waals surface area (Å²) in [5, 5.41) is 13.3. The van der Waals surface area contributed by atoms with Crippen molar-refractivity contribution in [3.05, 3.63) is 29.8 Å². The van der Waals surface area contributed by atoms with Gasteiger partial charge in [-0.1, -0.05) is 12.1 Å². The molecule has 0 unspecified atom stereocenters. The van der Waals surface area contributed by atoms with Gasteiger partial charge in [0.1, 0.15) is 0 Å². The Morgan fingerprint density at radius 1 is 1.50 bits per heavy atom. The van der Waals surface area contributed by atoms with Gasteiger partial charge in [-0.2, -0.15) is 0 Å². The Morgan fingerprint density at radius 2 is 2.29 bits per heavy atom. The molecule has 0 saturated heterocycles. The number of nitrogens with one attached hydrogen (secondary N) is 3. The molecule has 0 aromatic heterocycles. The molecule has 0 saturated carbocycles. The van der Waals surface area contributed by atoms with Crippen molar-refractivity contribution in [2.75, 3.05) is 11.9 Å². The fourth-order valence-corrected chi connectivity index (χ4v) is 1.14. The molecule has 0 aliphatic rings. The average Bonchev–Trinajstić information content (AvgIpc) is 2.18. The zero-order chi connectivity index (χ0) is 10.4. The number of nitrogens with two attached hydrogens (primary N) is 1. The van der Waals surface area contributed by atoms with E-state index < -0.39 is 0 Å². The van der Waals surface area contributed by atoms with Crippen LogP contribution >= 0.6 is 0 Å². The van der Waals surface area contributed by atoms with Gasteiger partial charge in [-0.25, -0.2) is 0 Å². The molecule has 14 heavy (non-hydrogen) atoms. The second-order valence-corrected chi connectivity index (χ2v) is 2.93. The zero-order valence-corrected chi connectivity index (χ0v) is 8.30. The second-order valence-electron chi connectivity index (χ2n) is 2.93. The van der Waals surface area contributed by atoms with Gasteiger partial charge >= 0.3 is 0 Å². The van der Waals surface area contributed by atoms with Gasteiger partial charge in [-0.3, -0.25) is 5.41 Å². The molecule has 0 heterocycles. The highest BCUT2D eigenvalue weighted by atomic mass is 15.1. The zero-order valence-electron chi connectivity index (χ0n) is 8.30. The number of hydrogen-bond acceptors (Lipinski definition) is 2. The lowest BCUT2D eigenvalue weighted by Gasteiger charge is -2.09. The van der Waals surface area contributed by atoms with Crippen molar-refractivity contribution in [1.29, 1.82) is 5.41 Å². The molecule has 0 spiro atoms. The quantitative estimate of drug-likeness (QED) is 0.428. The Kier molecular flexibility index (Phi) is 3.94. The summed E-state index contributed by atoms with van der Waals surface area (Å²) >= 11 is 0. The van der Waals surface area contributed by atoms with Crippen LogP contribution in [0.4, 0.5) is 5.69 Å².